The zero-order valence-electron chi connectivity index (χ0n) is 20.9. The number of rotatable bonds is 11. The fourth-order valence-electron chi connectivity index (χ4n) is 5.73. The molecule has 2 aliphatic rings. The lowest BCUT2D eigenvalue weighted by molar-refractivity contribution is -0.144. The smallest absolute Gasteiger partial charge is 0.333 e. The van der Waals surface area contributed by atoms with Crippen molar-refractivity contribution in [2.45, 2.75) is 129 Å². The summed E-state index contributed by atoms with van der Waals surface area (Å²) in [5.74, 6) is 2.18. The molecule has 3 rings (SSSR count). The maximum Gasteiger partial charge on any atom is 0.333 e. The van der Waals surface area contributed by atoms with Gasteiger partial charge >= 0.3 is 5.97 Å². The van der Waals surface area contributed by atoms with Crippen LogP contribution in [0, 0.1) is 5.92 Å². The molecular weight excluding hydrogens is 392 g/mol. The molecule has 1 aromatic rings. The molecule has 1 saturated carbocycles. The summed E-state index contributed by atoms with van der Waals surface area (Å²) < 4.78 is 5.71. The van der Waals surface area contributed by atoms with E-state index in [0.717, 1.165) is 49.5 Å². The minimum absolute atomic E-state index is 0.0302. The van der Waals surface area contributed by atoms with Gasteiger partial charge in [0, 0.05) is 5.57 Å². The summed E-state index contributed by atoms with van der Waals surface area (Å²) in [4.78, 5) is 12.5. The average molecular weight is 439 g/mol. The van der Waals surface area contributed by atoms with Gasteiger partial charge in [0.1, 0.15) is 0 Å². The van der Waals surface area contributed by atoms with Crippen molar-refractivity contribution in [1.29, 1.82) is 0 Å². The minimum Gasteiger partial charge on any atom is -0.459 e. The van der Waals surface area contributed by atoms with Crippen LogP contribution in [0.2, 0.25) is 0 Å². The van der Waals surface area contributed by atoms with Gasteiger partial charge in [0.25, 0.3) is 0 Å². The van der Waals surface area contributed by atoms with Crippen molar-refractivity contribution in [2.75, 3.05) is 0 Å². The summed E-state index contributed by atoms with van der Waals surface area (Å²) in [6.07, 6.45) is 19.2. The van der Waals surface area contributed by atoms with Crippen LogP contribution in [-0.2, 0) is 9.53 Å². The number of ether oxygens (including phenoxy) is 1. The molecule has 2 heteroatoms. The molecule has 1 aromatic carbocycles. The summed E-state index contributed by atoms with van der Waals surface area (Å²) >= 11 is 0. The molecule has 0 saturated heterocycles. The van der Waals surface area contributed by atoms with Crippen LogP contribution in [0.15, 0.2) is 35.9 Å². The van der Waals surface area contributed by atoms with Gasteiger partial charge in [0.15, 0.2) is 0 Å². The number of carbonyl (C=O) groups excluding carboxylic acids is 1. The van der Waals surface area contributed by atoms with Gasteiger partial charge in [-0.3, -0.25) is 0 Å². The van der Waals surface area contributed by atoms with E-state index in [1.54, 1.807) is 0 Å². The summed E-state index contributed by atoms with van der Waals surface area (Å²) in [5.41, 5.74) is 3.86. The minimum atomic E-state index is -0.0829. The predicted molar refractivity (Wildman–Crippen MR) is 135 cm³/mol. The van der Waals surface area contributed by atoms with Crippen LogP contribution in [-0.4, -0.2) is 12.1 Å². The molecule has 0 aromatic heterocycles. The molecule has 0 heterocycles. The zero-order chi connectivity index (χ0) is 22.8. The molecule has 0 amide bonds. The topological polar surface area (TPSA) is 26.3 Å². The Morgan fingerprint density at radius 2 is 1.59 bits per heavy atom. The third-order valence-corrected chi connectivity index (χ3v) is 7.87. The lowest BCUT2D eigenvalue weighted by Gasteiger charge is -2.29. The standard InChI is InChI=1S/C30H46O2/c1-4-6-7-8-10-23(3)32-30(31)29-21-19-28(20-22-29)27-17-15-26(16-18-27)25-13-11-24(9-5-2)12-14-25/h15-18,21,23-25,28H,4-14,19-20,22H2,1-3H3. The normalized spacial score (nSPS) is 24.6. The highest BCUT2D eigenvalue weighted by atomic mass is 16.5. The first-order valence-electron chi connectivity index (χ1n) is 13.6. The molecule has 2 atom stereocenters. The van der Waals surface area contributed by atoms with Gasteiger partial charge in [-0.1, -0.05) is 76.3 Å². The largest absolute Gasteiger partial charge is 0.459 e. The van der Waals surface area contributed by atoms with E-state index in [9.17, 15) is 4.79 Å². The lowest BCUT2D eigenvalue weighted by atomic mass is 9.76. The van der Waals surface area contributed by atoms with Gasteiger partial charge in [0.05, 0.1) is 6.10 Å². The highest BCUT2D eigenvalue weighted by Gasteiger charge is 2.24. The summed E-state index contributed by atoms with van der Waals surface area (Å²) in [6, 6.07) is 9.48. The molecule has 2 nitrogen and oxygen atoms in total. The van der Waals surface area contributed by atoms with Crippen LogP contribution in [0.4, 0.5) is 0 Å². The molecule has 0 bridgehead atoms. The van der Waals surface area contributed by atoms with Crippen LogP contribution >= 0.6 is 0 Å². The first kappa shape index (κ1) is 25.1. The SMILES string of the molecule is CCCCCCC(C)OC(=O)C1=CCC(c2ccc(C3CCC(CCC)CC3)cc2)CC1. The number of carbonyl (C=O) groups is 1. The Bertz CT molecular complexity index is 709. The van der Waals surface area contributed by atoms with Crippen LogP contribution < -0.4 is 0 Å². The second-order valence-corrected chi connectivity index (χ2v) is 10.4. The maximum absolute atomic E-state index is 12.5. The number of esters is 1. The number of hydrogen-bond acceptors (Lipinski definition) is 2. The number of allylic oxidation sites excluding steroid dienone is 1. The third kappa shape index (κ3) is 7.49. The fraction of sp³-hybridized carbons (Fsp3) is 0.700. The van der Waals surface area contributed by atoms with Crippen molar-refractivity contribution < 1.29 is 9.53 Å². The number of hydrogen-bond donors (Lipinski definition) is 0. The summed E-state index contributed by atoms with van der Waals surface area (Å²) in [6.45, 7) is 6.57. The van der Waals surface area contributed by atoms with E-state index in [1.165, 1.54) is 68.9 Å². The van der Waals surface area contributed by atoms with Crippen molar-refractivity contribution in [3.05, 3.63) is 47.0 Å². The van der Waals surface area contributed by atoms with E-state index in [-0.39, 0.29) is 12.1 Å². The van der Waals surface area contributed by atoms with Crippen molar-refractivity contribution in [3.63, 3.8) is 0 Å². The highest BCUT2D eigenvalue weighted by Crippen LogP contribution is 2.39. The molecule has 0 spiro atoms. The molecular formula is C30H46O2. The van der Waals surface area contributed by atoms with E-state index in [1.807, 2.05) is 6.92 Å². The molecule has 1 fully saturated rings. The van der Waals surface area contributed by atoms with Crippen molar-refractivity contribution >= 4 is 5.97 Å². The predicted octanol–water partition coefficient (Wildman–Crippen LogP) is 8.86. The zero-order valence-corrected chi connectivity index (χ0v) is 20.9. The van der Waals surface area contributed by atoms with E-state index >= 15 is 0 Å². The average Bonchev–Trinajstić information content (AvgIpc) is 2.83. The van der Waals surface area contributed by atoms with Crippen molar-refractivity contribution in [3.8, 4) is 0 Å². The summed E-state index contributed by atoms with van der Waals surface area (Å²) in [7, 11) is 0. The van der Waals surface area contributed by atoms with Gasteiger partial charge in [-0.25, -0.2) is 4.79 Å². The van der Waals surface area contributed by atoms with E-state index in [0.29, 0.717) is 5.92 Å². The second kappa shape index (κ2) is 13.2. The van der Waals surface area contributed by atoms with Gasteiger partial charge < -0.3 is 4.74 Å². The van der Waals surface area contributed by atoms with Gasteiger partial charge in [0.2, 0.25) is 0 Å². The Labute approximate surface area is 197 Å². The van der Waals surface area contributed by atoms with Gasteiger partial charge in [-0.05, 0) is 93.6 Å². The molecule has 0 N–H and O–H groups in total. The fourth-order valence-corrected chi connectivity index (χ4v) is 5.73. The van der Waals surface area contributed by atoms with Gasteiger partial charge in [-0.2, -0.15) is 0 Å². The number of benzene rings is 1. The molecule has 0 radical (unpaired) electrons. The Kier molecular flexibility index (Phi) is 10.3. The Morgan fingerprint density at radius 1 is 0.906 bits per heavy atom. The van der Waals surface area contributed by atoms with Gasteiger partial charge in [-0.15, -0.1) is 0 Å². The third-order valence-electron chi connectivity index (χ3n) is 7.87. The Morgan fingerprint density at radius 3 is 2.19 bits per heavy atom. The maximum atomic E-state index is 12.5. The molecule has 2 unspecified atom stereocenters. The van der Waals surface area contributed by atoms with E-state index in [2.05, 4.69) is 44.2 Å². The van der Waals surface area contributed by atoms with Crippen LogP contribution in [0.3, 0.4) is 0 Å². The molecule has 0 aliphatic heterocycles. The van der Waals surface area contributed by atoms with Crippen molar-refractivity contribution in [2.24, 2.45) is 5.92 Å². The first-order chi connectivity index (χ1) is 15.6. The quantitative estimate of drug-likeness (QED) is 0.255. The summed E-state index contributed by atoms with van der Waals surface area (Å²) in [5, 5.41) is 0. The Hall–Kier alpha value is -1.57. The van der Waals surface area contributed by atoms with Crippen LogP contribution in [0.1, 0.15) is 134 Å². The second-order valence-electron chi connectivity index (χ2n) is 10.4. The van der Waals surface area contributed by atoms with Crippen LogP contribution in [0.5, 0.6) is 0 Å². The molecule has 178 valence electrons. The monoisotopic (exact) mass is 438 g/mol. The van der Waals surface area contributed by atoms with Crippen LogP contribution in [0.25, 0.3) is 0 Å². The molecule has 2 aliphatic carbocycles. The van der Waals surface area contributed by atoms with E-state index < -0.39 is 0 Å². The highest BCUT2D eigenvalue weighted by molar-refractivity contribution is 5.88. The van der Waals surface area contributed by atoms with Crippen molar-refractivity contribution in [1.82, 2.24) is 0 Å². The first-order valence-corrected chi connectivity index (χ1v) is 13.6. The van der Waals surface area contributed by atoms with E-state index in [4.69, 9.17) is 4.74 Å². The number of unbranched alkanes of at least 4 members (excludes halogenated alkanes) is 3. The molecule has 32 heavy (non-hydrogen) atoms. The Balaban J connectivity index is 1.44. The lowest BCUT2D eigenvalue weighted by Crippen LogP contribution is -2.19.